The fourth-order valence-corrected chi connectivity index (χ4v) is 4.51. The molecule has 1 atom stereocenters. The Balaban J connectivity index is 0.00000158. The zero-order chi connectivity index (χ0) is 24.9. The summed E-state index contributed by atoms with van der Waals surface area (Å²) in [5.41, 5.74) is 4.71. The molecule has 1 unspecified atom stereocenters. The molecule has 2 heterocycles. The molecule has 0 fully saturated rings. The number of nitrogens with one attached hydrogen (secondary N) is 1. The third kappa shape index (κ3) is 5.29. The molecule has 7 nitrogen and oxygen atoms in total. The molecule has 0 saturated heterocycles. The summed E-state index contributed by atoms with van der Waals surface area (Å²) in [6.45, 7) is 13.9. The largest absolute Gasteiger partial charge is 0.457 e. The van der Waals surface area contributed by atoms with Crippen LogP contribution in [0.2, 0.25) is 0 Å². The van der Waals surface area contributed by atoms with E-state index in [2.05, 4.69) is 35.4 Å². The van der Waals surface area contributed by atoms with Gasteiger partial charge in [-0.05, 0) is 81.7 Å². The van der Waals surface area contributed by atoms with E-state index in [-0.39, 0.29) is 6.54 Å². The van der Waals surface area contributed by atoms with Crippen LogP contribution in [-0.2, 0) is 38.4 Å². The summed E-state index contributed by atoms with van der Waals surface area (Å²) in [7, 11) is 0. The SMILES string of the molecule is CC.CCCc1cc2c(c(NC3=NCC(C(=O)OC(C)(C)C)(C4=NOC=CC4)O3)c1C)CCC2. The Hall–Kier alpha value is -2.83. The smallest absolute Gasteiger partial charge is 0.359 e. The van der Waals surface area contributed by atoms with E-state index < -0.39 is 17.2 Å². The molecule has 2 aliphatic heterocycles. The van der Waals surface area contributed by atoms with Gasteiger partial charge in [-0.15, -0.1) is 0 Å². The van der Waals surface area contributed by atoms with Crippen molar-refractivity contribution in [3.8, 4) is 0 Å². The number of esters is 1. The third-order valence-corrected chi connectivity index (χ3v) is 6.06. The predicted octanol–water partition coefficient (Wildman–Crippen LogP) is 5.63. The Kier molecular flexibility index (Phi) is 8.05. The number of benzene rings is 1. The molecule has 186 valence electrons. The van der Waals surface area contributed by atoms with E-state index >= 15 is 0 Å². The number of anilines is 1. The van der Waals surface area contributed by atoms with Gasteiger partial charge in [0, 0.05) is 12.1 Å². The second-order valence-electron chi connectivity index (χ2n) is 9.67. The van der Waals surface area contributed by atoms with Gasteiger partial charge in [-0.3, -0.25) is 0 Å². The van der Waals surface area contributed by atoms with Crippen LogP contribution < -0.4 is 5.32 Å². The van der Waals surface area contributed by atoms with Crippen LogP contribution in [0, 0.1) is 6.92 Å². The molecule has 4 rings (SSSR count). The van der Waals surface area contributed by atoms with E-state index in [1.807, 2.05) is 34.6 Å². The van der Waals surface area contributed by atoms with E-state index in [9.17, 15) is 4.79 Å². The van der Waals surface area contributed by atoms with E-state index in [1.54, 1.807) is 6.08 Å². The molecule has 34 heavy (non-hydrogen) atoms. The van der Waals surface area contributed by atoms with Crippen LogP contribution in [-0.4, -0.2) is 35.4 Å². The fourth-order valence-electron chi connectivity index (χ4n) is 4.51. The van der Waals surface area contributed by atoms with Gasteiger partial charge in [0.05, 0.1) is 0 Å². The molecular weight excluding hydrogens is 430 g/mol. The van der Waals surface area contributed by atoms with Crippen LogP contribution in [0.4, 0.5) is 5.69 Å². The molecule has 0 amide bonds. The number of nitrogens with zero attached hydrogens (tertiary/aromatic N) is 2. The molecule has 3 aliphatic rings. The lowest BCUT2D eigenvalue weighted by Crippen LogP contribution is -2.53. The average molecular weight is 470 g/mol. The van der Waals surface area contributed by atoms with Crippen LogP contribution >= 0.6 is 0 Å². The lowest BCUT2D eigenvalue weighted by molar-refractivity contribution is -0.167. The van der Waals surface area contributed by atoms with Gasteiger partial charge < -0.3 is 19.6 Å². The molecule has 1 N–H and O–H groups in total. The Labute approximate surface area is 203 Å². The minimum absolute atomic E-state index is 0.0934. The fraction of sp³-hybridized carbons (Fsp3) is 0.593. The molecular formula is C27H39N3O4. The highest BCUT2D eigenvalue weighted by molar-refractivity contribution is 6.14. The number of oxime groups is 1. The van der Waals surface area contributed by atoms with Crippen molar-refractivity contribution in [3.63, 3.8) is 0 Å². The number of hydrogen-bond donors (Lipinski definition) is 1. The zero-order valence-electron chi connectivity index (χ0n) is 21.7. The van der Waals surface area contributed by atoms with Crippen molar-refractivity contribution in [2.45, 2.75) is 98.2 Å². The summed E-state index contributed by atoms with van der Waals surface area (Å²) in [5, 5.41) is 7.52. The Bertz CT molecular complexity index is 1000. The number of carbonyl (C=O) groups is 1. The number of fused-ring (bicyclic) bond motifs is 1. The van der Waals surface area contributed by atoms with E-state index in [0.717, 1.165) is 37.8 Å². The maximum Gasteiger partial charge on any atom is 0.359 e. The van der Waals surface area contributed by atoms with Gasteiger partial charge in [-0.2, -0.15) is 0 Å². The number of ether oxygens (including phenoxy) is 2. The molecule has 0 saturated carbocycles. The van der Waals surface area contributed by atoms with Crippen molar-refractivity contribution in [3.05, 3.63) is 40.7 Å². The Morgan fingerprint density at radius 3 is 2.68 bits per heavy atom. The summed E-state index contributed by atoms with van der Waals surface area (Å²) in [6.07, 6.45) is 9.12. The second-order valence-corrected chi connectivity index (χ2v) is 9.67. The first-order chi connectivity index (χ1) is 16.2. The monoisotopic (exact) mass is 469 g/mol. The lowest BCUT2D eigenvalue weighted by Gasteiger charge is -2.31. The van der Waals surface area contributed by atoms with Crippen molar-refractivity contribution in [2.75, 3.05) is 11.9 Å². The summed E-state index contributed by atoms with van der Waals surface area (Å²) in [4.78, 5) is 23.0. The number of allylic oxidation sites excluding steroid dienone is 1. The summed E-state index contributed by atoms with van der Waals surface area (Å²) >= 11 is 0. The number of rotatable bonds is 5. The van der Waals surface area contributed by atoms with Gasteiger partial charge in [0.2, 0.25) is 0 Å². The van der Waals surface area contributed by atoms with Crippen LogP contribution in [0.25, 0.3) is 0 Å². The first kappa shape index (κ1) is 25.8. The highest BCUT2D eigenvalue weighted by Gasteiger charge is 2.53. The minimum atomic E-state index is -1.43. The van der Waals surface area contributed by atoms with Crippen molar-refractivity contribution in [1.29, 1.82) is 0 Å². The van der Waals surface area contributed by atoms with Crippen LogP contribution in [0.5, 0.6) is 0 Å². The first-order valence-corrected chi connectivity index (χ1v) is 12.5. The predicted molar refractivity (Wildman–Crippen MR) is 136 cm³/mol. The van der Waals surface area contributed by atoms with Crippen LogP contribution in [0.1, 0.15) is 83.1 Å². The van der Waals surface area contributed by atoms with Crippen molar-refractivity contribution in [2.24, 2.45) is 10.1 Å². The minimum Gasteiger partial charge on any atom is -0.457 e. The molecule has 1 aliphatic carbocycles. The van der Waals surface area contributed by atoms with Gasteiger partial charge >= 0.3 is 5.97 Å². The van der Waals surface area contributed by atoms with Gasteiger partial charge in [0.25, 0.3) is 11.6 Å². The quantitative estimate of drug-likeness (QED) is 0.565. The Morgan fingerprint density at radius 2 is 2.03 bits per heavy atom. The molecule has 1 aromatic rings. The molecule has 7 heteroatoms. The van der Waals surface area contributed by atoms with E-state index in [0.29, 0.717) is 18.2 Å². The van der Waals surface area contributed by atoms with Crippen LogP contribution in [0.15, 0.2) is 28.6 Å². The molecule has 0 bridgehead atoms. The summed E-state index contributed by atoms with van der Waals surface area (Å²) in [5.74, 6) is -0.509. The number of carbonyl (C=O) groups excluding carboxylic acids is 1. The van der Waals surface area contributed by atoms with Gasteiger partial charge in [-0.1, -0.05) is 38.4 Å². The van der Waals surface area contributed by atoms with Gasteiger partial charge in [-0.25, -0.2) is 9.79 Å². The molecule has 0 radical (unpaired) electrons. The van der Waals surface area contributed by atoms with Crippen molar-refractivity contribution in [1.82, 2.24) is 0 Å². The number of aliphatic imine (C=N–C) groups is 1. The number of hydrogen-bond acceptors (Lipinski definition) is 7. The zero-order valence-corrected chi connectivity index (χ0v) is 21.7. The van der Waals surface area contributed by atoms with Gasteiger partial charge in [0.15, 0.2) is 0 Å². The maximum atomic E-state index is 13.3. The maximum absolute atomic E-state index is 13.3. The van der Waals surface area contributed by atoms with E-state index in [4.69, 9.17) is 14.3 Å². The standard InChI is InChI=1S/C25H33N3O4.C2H6/c1-6-9-17-14-18-10-7-11-19(18)21(16(17)2)27-23-26-15-25(32-23,20-12-8-13-30-28-20)22(29)31-24(3,4)5;1-2/h8,13-14H,6-7,9-12,15H2,1-5H3,(H,26,27);1-2H3. The van der Waals surface area contributed by atoms with Crippen LogP contribution in [0.3, 0.4) is 0 Å². The number of amidine groups is 1. The third-order valence-electron chi connectivity index (χ3n) is 6.06. The van der Waals surface area contributed by atoms with Crippen molar-refractivity contribution >= 4 is 23.4 Å². The first-order valence-electron chi connectivity index (χ1n) is 12.5. The highest BCUT2D eigenvalue weighted by atomic mass is 16.6. The highest BCUT2D eigenvalue weighted by Crippen LogP contribution is 2.36. The Morgan fingerprint density at radius 1 is 1.26 bits per heavy atom. The summed E-state index contributed by atoms with van der Waals surface area (Å²) < 4.78 is 11.9. The van der Waals surface area contributed by atoms with Gasteiger partial charge in [0.1, 0.15) is 24.1 Å². The number of aryl methyl sites for hydroxylation is 2. The molecule has 1 aromatic carbocycles. The topological polar surface area (TPSA) is 81.5 Å². The lowest BCUT2D eigenvalue weighted by atomic mass is 9.94. The normalized spacial score (nSPS) is 20.8. The molecule has 0 spiro atoms. The second kappa shape index (κ2) is 10.6. The van der Waals surface area contributed by atoms with Crippen molar-refractivity contribution < 1.29 is 19.1 Å². The average Bonchev–Trinajstić information content (AvgIpc) is 3.45. The van der Waals surface area contributed by atoms with E-state index in [1.165, 1.54) is 28.5 Å². The summed E-state index contributed by atoms with van der Waals surface area (Å²) in [6, 6.07) is 2.67. The molecule has 0 aromatic heterocycles.